The lowest BCUT2D eigenvalue weighted by molar-refractivity contribution is -0.118. The molecule has 0 saturated heterocycles. The van der Waals surface area contributed by atoms with Gasteiger partial charge < -0.3 is 5.73 Å². The van der Waals surface area contributed by atoms with Gasteiger partial charge in [0, 0.05) is 18.4 Å². The molecule has 1 aromatic carbocycles. The van der Waals surface area contributed by atoms with Crippen molar-refractivity contribution in [1.29, 1.82) is 0 Å². The van der Waals surface area contributed by atoms with E-state index in [1.807, 2.05) is 0 Å². The summed E-state index contributed by atoms with van der Waals surface area (Å²) >= 11 is 0. The van der Waals surface area contributed by atoms with Gasteiger partial charge in [-0.05, 0) is 38.5 Å². The monoisotopic (exact) mass is 372 g/mol. The fourth-order valence-electron chi connectivity index (χ4n) is 2.77. The van der Waals surface area contributed by atoms with Crippen LogP contribution in [0.5, 0.6) is 0 Å². The largest absolute Gasteiger partial charge is 0.386 e. The molecular weight excluding hydrogens is 350 g/mol. The van der Waals surface area contributed by atoms with Gasteiger partial charge in [-0.3, -0.25) is 9.79 Å². The SMILES string of the molecule is CCC(=O)Cc1cc(F)c(F)c([C@]2(C)CS(=O)(=O)C(C)(C)C(N)=N2)c1. The fourth-order valence-corrected chi connectivity index (χ4v) is 4.46. The zero-order valence-corrected chi connectivity index (χ0v) is 15.5. The number of halogens is 2. The van der Waals surface area contributed by atoms with Gasteiger partial charge >= 0.3 is 0 Å². The van der Waals surface area contributed by atoms with Crippen molar-refractivity contribution >= 4 is 21.5 Å². The van der Waals surface area contributed by atoms with Gasteiger partial charge in [0.15, 0.2) is 21.5 Å². The third-order valence-electron chi connectivity index (χ3n) is 4.70. The number of benzene rings is 1. The van der Waals surface area contributed by atoms with E-state index >= 15 is 0 Å². The maximum atomic E-state index is 14.4. The van der Waals surface area contributed by atoms with Gasteiger partial charge in [-0.25, -0.2) is 17.2 Å². The summed E-state index contributed by atoms with van der Waals surface area (Å²) in [5.74, 6) is -3.12. The molecule has 2 rings (SSSR count). The van der Waals surface area contributed by atoms with E-state index in [2.05, 4.69) is 4.99 Å². The van der Waals surface area contributed by atoms with Crippen molar-refractivity contribution in [1.82, 2.24) is 0 Å². The highest BCUT2D eigenvalue weighted by Gasteiger charge is 2.49. The zero-order chi connectivity index (χ0) is 19.2. The van der Waals surface area contributed by atoms with Crippen molar-refractivity contribution in [3.8, 4) is 0 Å². The Kier molecular flexibility index (Phi) is 4.80. The van der Waals surface area contributed by atoms with E-state index in [4.69, 9.17) is 5.73 Å². The molecule has 2 N–H and O–H groups in total. The van der Waals surface area contributed by atoms with Crippen LogP contribution in [-0.2, 0) is 26.6 Å². The highest BCUT2D eigenvalue weighted by molar-refractivity contribution is 7.93. The maximum Gasteiger partial charge on any atom is 0.165 e. The van der Waals surface area contributed by atoms with Gasteiger partial charge in [0.05, 0.1) is 5.75 Å². The van der Waals surface area contributed by atoms with Gasteiger partial charge in [-0.1, -0.05) is 6.92 Å². The van der Waals surface area contributed by atoms with Crippen LogP contribution >= 0.6 is 0 Å². The molecule has 0 radical (unpaired) electrons. The minimum absolute atomic E-state index is 0.0613. The number of carbonyl (C=O) groups excluding carboxylic acids is 1. The fraction of sp³-hybridized carbons (Fsp3) is 0.529. The van der Waals surface area contributed by atoms with Crippen LogP contribution in [0.25, 0.3) is 0 Å². The molecule has 0 aliphatic carbocycles. The minimum Gasteiger partial charge on any atom is -0.386 e. The summed E-state index contributed by atoms with van der Waals surface area (Å²) in [6.07, 6.45) is 0.202. The van der Waals surface area contributed by atoms with Crippen molar-refractivity contribution < 1.29 is 22.0 Å². The molecule has 8 heteroatoms. The van der Waals surface area contributed by atoms with E-state index in [1.54, 1.807) is 6.92 Å². The first kappa shape index (κ1) is 19.5. The van der Waals surface area contributed by atoms with Crippen LogP contribution < -0.4 is 5.73 Å². The van der Waals surface area contributed by atoms with Crippen molar-refractivity contribution in [2.75, 3.05) is 5.75 Å². The Hall–Kier alpha value is -1.83. The summed E-state index contributed by atoms with van der Waals surface area (Å²) in [5.41, 5.74) is 4.33. The first-order valence-electron chi connectivity index (χ1n) is 7.92. The lowest BCUT2D eigenvalue weighted by Crippen LogP contribution is -2.55. The van der Waals surface area contributed by atoms with Crippen LogP contribution in [0.3, 0.4) is 0 Å². The number of Topliss-reactive ketones (excluding diaryl/α,β-unsaturated/α-hetero) is 1. The molecule has 5 nitrogen and oxygen atoms in total. The van der Waals surface area contributed by atoms with E-state index in [-0.39, 0.29) is 35.6 Å². The molecule has 0 saturated carbocycles. The predicted molar refractivity (Wildman–Crippen MR) is 92.2 cm³/mol. The summed E-state index contributed by atoms with van der Waals surface area (Å²) < 4.78 is 52.3. The topological polar surface area (TPSA) is 89.6 Å². The maximum absolute atomic E-state index is 14.4. The standard InChI is InChI=1S/C17H22F2N2O3S/c1-5-11(22)6-10-7-12(14(19)13(18)8-10)17(4)9-25(23,24)16(2,3)15(20)21-17/h7-8H,5-6,9H2,1-4H3,(H2,20,21)/t17-/m0/s1. The second kappa shape index (κ2) is 6.16. The van der Waals surface area contributed by atoms with Crippen LogP contribution in [0, 0.1) is 11.6 Å². The number of aliphatic imine (C=N–C) groups is 1. The average molecular weight is 372 g/mol. The van der Waals surface area contributed by atoms with Gasteiger partial charge in [0.1, 0.15) is 21.9 Å². The van der Waals surface area contributed by atoms with E-state index < -0.39 is 37.5 Å². The van der Waals surface area contributed by atoms with Crippen LogP contribution in [0.1, 0.15) is 45.2 Å². The summed E-state index contributed by atoms with van der Waals surface area (Å²) in [7, 11) is -3.75. The molecule has 0 spiro atoms. The van der Waals surface area contributed by atoms with E-state index in [0.717, 1.165) is 6.07 Å². The Morgan fingerprint density at radius 3 is 2.40 bits per heavy atom. The quantitative estimate of drug-likeness (QED) is 0.878. The summed E-state index contributed by atoms with van der Waals surface area (Å²) in [6, 6.07) is 2.25. The third-order valence-corrected chi connectivity index (χ3v) is 7.40. The number of rotatable bonds is 4. The molecule has 0 amide bonds. The molecule has 1 aliphatic heterocycles. The van der Waals surface area contributed by atoms with Crippen LogP contribution in [0.4, 0.5) is 8.78 Å². The van der Waals surface area contributed by atoms with E-state index in [0.29, 0.717) is 0 Å². The molecule has 0 aromatic heterocycles. The number of nitrogens with zero attached hydrogens (tertiary/aromatic N) is 1. The number of amidine groups is 1. The number of hydrogen-bond donors (Lipinski definition) is 1. The molecule has 0 unspecified atom stereocenters. The van der Waals surface area contributed by atoms with Crippen molar-refractivity contribution in [2.45, 2.75) is 50.8 Å². The molecule has 1 atom stereocenters. The smallest absolute Gasteiger partial charge is 0.165 e. The lowest BCUT2D eigenvalue weighted by Gasteiger charge is -2.38. The molecule has 1 heterocycles. The van der Waals surface area contributed by atoms with Gasteiger partial charge in [-0.2, -0.15) is 0 Å². The van der Waals surface area contributed by atoms with Gasteiger partial charge in [0.2, 0.25) is 0 Å². The molecule has 138 valence electrons. The Bertz CT molecular complexity index is 863. The Morgan fingerprint density at radius 1 is 1.28 bits per heavy atom. The molecule has 25 heavy (non-hydrogen) atoms. The van der Waals surface area contributed by atoms with Crippen molar-refractivity contribution in [3.63, 3.8) is 0 Å². The highest BCUT2D eigenvalue weighted by Crippen LogP contribution is 2.38. The lowest BCUT2D eigenvalue weighted by atomic mass is 9.90. The first-order chi connectivity index (χ1) is 11.3. The zero-order valence-electron chi connectivity index (χ0n) is 14.7. The average Bonchev–Trinajstić information content (AvgIpc) is 2.48. The van der Waals surface area contributed by atoms with Gasteiger partial charge in [-0.15, -0.1) is 0 Å². The van der Waals surface area contributed by atoms with Crippen molar-refractivity contribution in [3.05, 3.63) is 34.9 Å². The molecule has 1 aliphatic rings. The Labute approximate surface area is 146 Å². The predicted octanol–water partition coefficient (Wildman–Crippen LogP) is 2.27. The van der Waals surface area contributed by atoms with Crippen LogP contribution in [-0.4, -0.2) is 30.5 Å². The van der Waals surface area contributed by atoms with E-state index in [9.17, 15) is 22.0 Å². The molecule has 1 aromatic rings. The summed E-state index contributed by atoms with van der Waals surface area (Å²) in [5, 5.41) is 0. The normalized spacial score (nSPS) is 24.6. The summed E-state index contributed by atoms with van der Waals surface area (Å²) in [4.78, 5) is 15.8. The Morgan fingerprint density at radius 2 is 1.88 bits per heavy atom. The van der Waals surface area contributed by atoms with Gasteiger partial charge in [0.25, 0.3) is 0 Å². The number of hydrogen-bond acceptors (Lipinski definition) is 5. The second-order valence-corrected chi connectivity index (χ2v) is 9.59. The minimum atomic E-state index is -3.75. The third kappa shape index (κ3) is 3.31. The number of nitrogens with two attached hydrogens (primary N) is 1. The number of sulfone groups is 1. The van der Waals surface area contributed by atoms with E-state index in [1.165, 1.54) is 26.8 Å². The van der Waals surface area contributed by atoms with Crippen LogP contribution in [0.2, 0.25) is 0 Å². The van der Waals surface area contributed by atoms with Crippen LogP contribution in [0.15, 0.2) is 17.1 Å². The van der Waals surface area contributed by atoms with Crippen molar-refractivity contribution in [2.24, 2.45) is 10.7 Å². The first-order valence-corrected chi connectivity index (χ1v) is 9.57. The molecule has 0 fully saturated rings. The number of ketones is 1. The molecular formula is C17H22F2N2O3S. The number of carbonyl (C=O) groups is 1. The molecule has 0 bridgehead atoms. The second-order valence-electron chi connectivity index (χ2n) is 7.05. The Balaban J connectivity index is 2.65. The highest BCUT2D eigenvalue weighted by atomic mass is 32.2. The summed E-state index contributed by atoms with van der Waals surface area (Å²) in [6.45, 7) is 5.92.